The van der Waals surface area contributed by atoms with Crippen LogP contribution in [0, 0.1) is 17.7 Å². The van der Waals surface area contributed by atoms with Gasteiger partial charge in [-0.2, -0.15) is 0 Å². The monoisotopic (exact) mass is 298 g/mol. The lowest BCUT2D eigenvalue weighted by Crippen LogP contribution is -2.02. The zero-order chi connectivity index (χ0) is 16.1. The molecule has 2 aromatic carbocycles. The standard InChI is InChI=1S/C21H27F/c1-15(2)11-18-7-5-6-8-19(18)13-17-9-10-21(22)20(14-17)12-16(3)4/h5-10,14-16H,11-13H2,1-4H3. The Bertz CT molecular complexity index is 611. The average molecular weight is 298 g/mol. The molecule has 0 aromatic heterocycles. The van der Waals surface area contributed by atoms with Crippen LogP contribution in [0.3, 0.4) is 0 Å². The molecule has 0 N–H and O–H groups in total. The summed E-state index contributed by atoms with van der Waals surface area (Å²) in [6, 6.07) is 14.2. The molecule has 0 aliphatic rings. The molecular formula is C21H27F. The van der Waals surface area contributed by atoms with Crippen LogP contribution in [0.25, 0.3) is 0 Å². The van der Waals surface area contributed by atoms with Crippen LogP contribution in [0.4, 0.5) is 4.39 Å². The molecule has 0 aliphatic heterocycles. The minimum absolute atomic E-state index is 0.0760. The first-order chi connectivity index (χ1) is 10.5. The van der Waals surface area contributed by atoms with E-state index in [1.54, 1.807) is 6.07 Å². The fraction of sp³-hybridized carbons (Fsp3) is 0.429. The lowest BCUT2D eigenvalue weighted by atomic mass is 9.92. The summed E-state index contributed by atoms with van der Waals surface area (Å²) >= 11 is 0. The van der Waals surface area contributed by atoms with Crippen LogP contribution < -0.4 is 0 Å². The molecule has 0 fully saturated rings. The highest BCUT2D eigenvalue weighted by Crippen LogP contribution is 2.21. The topological polar surface area (TPSA) is 0 Å². The van der Waals surface area contributed by atoms with Gasteiger partial charge >= 0.3 is 0 Å². The fourth-order valence-electron chi connectivity index (χ4n) is 2.92. The second-order valence-electron chi connectivity index (χ2n) is 7.07. The molecule has 2 rings (SSSR count). The summed E-state index contributed by atoms with van der Waals surface area (Å²) in [6.07, 6.45) is 2.78. The van der Waals surface area contributed by atoms with Gasteiger partial charge in [0.25, 0.3) is 0 Å². The van der Waals surface area contributed by atoms with Crippen LogP contribution in [-0.4, -0.2) is 0 Å². The van der Waals surface area contributed by atoms with E-state index >= 15 is 0 Å². The Morgan fingerprint density at radius 2 is 1.36 bits per heavy atom. The van der Waals surface area contributed by atoms with Crippen LogP contribution in [0.1, 0.15) is 49.9 Å². The SMILES string of the molecule is CC(C)Cc1cc(Cc2ccccc2CC(C)C)ccc1F. The van der Waals surface area contributed by atoms with Gasteiger partial charge in [0, 0.05) is 0 Å². The van der Waals surface area contributed by atoms with Crippen LogP contribution in [0.2, 0.25) is 0 Å². The molecule has 0 saturated heterocycles. The van der Waals surface area contributed by atoms with Crippen LogP contribution in [0.5, 0.6) is 0 Å². The number of benzene rings is 2. The molecule has 0 unspecified atom stereocenters. The first-order valence-corrected chi connectivity index (χ1v) is 8.29. The smallest absolute Gasteiger partial charge is 0.126 e. The van der Waals surface area contributed by atoms with E-state index in [9.17, 15) is 4.39 Å². The van der Waals surface area contributed by atoms with Gasteiger partial charge in [0.2, 0.25) is 0 Å². The molecule has 0 heterocycles. The number of hydrogen-bond acceptors (Lipinski definition) is 0. The number of rotatable bonds is 6. The van der Waals surface area contributed by atoms with Crippen molar-refractivity contribution in [3.05, 3.63) is 70.5 Å². The quantitative estimate of drug-likeness (QED) is 0.631. The maximum atomic E-state index is 13.9. The van der Waals surface area contributed by atoms with E-state index in [0.29, 0.717) is 11.8 Å². The maximum Gasteiger partial charge on any atom is 0.126 e. The zero-order valence-electron chi connectivity index (χ0n) is 14.2. The molecule has 0 saturated carbocycles. The van der Waals surface area contributed by atoms with Crippen molar-refractivity contribution in [2.75, 3.05) is 0 Å². The highest BCUT2D eigenvalue weighted by atomic mass is 19.1. The van der Waals surface area contributed by atoms with Crippen molar-refractivity contribution < 1.29 is 4.39 Å². The van der Waals surface area contributed by atoms with Crippen molar-refractivity contribution in [2.24, 2.45) is 11.8 Å². The summed E-state index contributed by atoms with van der Waals surface area (Å²) in [5.41, 5.74) is 4.81. The van der Waals surface area contributed by atoms with Gasteiger partial charge in [-0.3, -0.25) is 0 Å². The number of hydrogen-bond donors (Lipinski definition) is 0. The Morgan fingerprint density at radius 1 is 0.773 bits per heavy atom. The molecule has 0 radical (unpaired) electrons. The summed E-state index contributed by atoms with van der Waals surface area (Å²) in [7, 11) is 0. The van der Waals surface area contributed by atoms with Gasteiger partial charge in [0.15, 0.2) is 0 Å². The van der Waals surface area contributed by atoms with E-state index in [0.717, 1.165) is 24.8 Å². The Kier molecular flexibility index (Phi) is 5.76. The van der Waals surface area contributed by atoms with Crippen LogP contribution >= 0.6 is 0 Å². The van der Waals surface area contributed by atoms with Crippen LogP contribution in [-0.2, 0) is 19.3 Å². The van der Waals surface area contributed by atoms with Gasteiger partial charge in [0.1, 0.15) is 5.82 Å². The first kappa shape index (κ1) is 16.7. The van der Waals surface area contributed by atoms with Crippen LogP contribution in [0.15, 0.2) is 42.5 Å². The first-order valence-electron chi connectivity index (χ1n) is 8.29. The molecule has 0 aliphatic carbocycles. The van der Waals surface area contributed by atoms with Crippen molar-refractivity contribution in [2.45, 2.75) is 47.0 Å². The minimum Gasteiger partial charge on any atom is -0.207 e. The second-order valence-corrected chi connectivity index (χ2v) is 7.07. The Morgan fingerprint density at radius 3 is 2.00 bits per heavy atom. The molecule has 0 bridgehead atoms. The maximum absolute atomic E-state index is 13.9. The van der Waals surface area contributed by atoms with Gasteiger partial charge in [-0.15, -0.1) is 0 Å². The van der Waals surface area contributed by atoms with Gasteiger partial charge in [-0.25, -0.2) is 4.39 Å². The van der Waals surface area contributed by atoms with Crippen molar-refractivity contribution in [1.82, 2.24) is 0 Å². The predicted molar refractivity (Wildman–Crippen MR) is 92.7 cm³/mol. The Balaban J connectivity index is 2.24. The lowest BCUT2D eigenvalue weighted by molar-refractivity contribution is 0.573. The van der Waals surface area contributed by atoms with E-state index in [-0.39, 0.29) is 5.82 Å². The lowest BCUT2D eigenvalue weighted by Gasteiger charge is -2.13. The van der Waals surface area contributed by atoms with Crippen molar-refractivity contribution >= 4 is 0 Å². The van der Waals surface area contributed by atoms with E-state index < -0.39 is 0 Å². The molecule has 2 aromatic rings. The predicted octanol–water partition coefficient (Wildman–Crippen LogP) is 5.81. The summed E-state index contributed by atoms with van der Waals surface area (Å²) < 4.78 is 13.9. The third kappa shape index (κ3) is 4.69. The van der Waals surface area contributed by atoms with Crippen molar-refractivity contribution in [3.8, 4) is 0 Å². The van der Waals surface area contributed by atoms with Crippen molar-refractivity contribution in [3.63, 3.8) is 0 Å². The van der Waals surface area contributed by atoms with E-state index in [1.165, 1.54) is 16.7 Å². The molecule has 0 amide bonds. The molecule has 118 valence electrons. The van der Waals surface area contributed by atoms with Gasteiger partial charge in [-0.1, -0.05) is 64.1 Å². The average Bonchev–Trinajstić information content (AvgIpc) is 2.43. The van der Waals surface area contributed by atoms with E-state index in [4.69, 9.17) is 0 Å². The summed E-state index contributed by atoms with van der Waals surface area (Å²) in [5, 5.41) is 0. The Labute approximate surface area is 134 Å². The van der Waals surface area contributed by atoms with Gasteiger partial charge in [0.05, 0.1) is 0 Å². The molecule has 1 heteroatoms. The third-order valence-corrected chi connectivity index (χ3v) is 3.88. The zero-order valence-corrected chi connectivity index (χ0v) is 14.2. The Hall–Kier alpha value is -1.63. The highest BCUT2D eigenvalue weighted by molar-refractivity contribution is 5.35. The molecule has 22 heavy (non-hydrogen) atoms. The largest absolute Gasteiger partial charge is 0.207 e. The molecule has 0 atom stereocenters. The van der Waals surface area contributed by atoms with Gasteiger partial charge in [-0.05, 0) is 59.4 Å². The van der Waals surface area contributed by atoms with E-state index in [1.807, 2.05) is 12.1 Å². The summed E-state index contributed by atoms with van der Waals surface area (Å²) in [6.45, 7) is 8.75. The molecule has 0 spiro atoms. The normalized spacial score (nSPS) is 11.4. The van der Waals surface area contributed by atoms with Gasteiger partial charge < -0.3 is 0 Å². The second kappa shape index (κ2) is 7.58. The number of halogens is 1. The highest BCUT2D eigenvalue weighted by Gasteiger charge is 2.09. The summed E-state index contributed by atoms with van der Waals surface area (Å²) in [5.74, 6) is 1.04. The minimum atomic E-state index is -0.0760. The molecule has 0 nitrogen and oxygen atoms in total. The van der Waals surface area contributed by atoms with E-state index in [2.05, 4.69) is 52.0 Å². The molecular weight excluding hydrogens is 271 g/mol. The van der Waals surface area contributed by atoms with Crippen molar-refractivity contribution in [1.29, 1.82) is 0 Å². The fourth-order valence-corrected chi connectivity index (χ4v) is 2.92. The third-order valence-electron chi connectivity index (χ3n) is 3.88. The summed E-state index contributed by atoms with van der Waals surface area (Å²) in [4.78, 5) is 0.